The molecule has 2 N–H and O–H groups in total. The third-order valence-corrected chi connectivity index (χ3v) is 7.19. The molecule has 2 aliphatic carbocycles. The van der Waals surface area contributed by atoms with Crippen LogP contribution in [-0.4, -0.2) is 36.5 Å². The third-order valence-electron chi connectivity index (χ3n) is 6.87. The zero-order valence-electron chi connectivity index (χ0n) is 16.2. The molecule has 1 aromatic carbocycles. The van der Waals surface area contributed by atoms with Crippen molar-refractivity contribution in [1.82, 2.24) is 4.90 Å². The SMILES string of the molecule is Nc1ccc(N(CC2CCC2)C2CCN(C(=O)C3CCCCC3)C2)cc1Cl. The maximum atomic E-state index is 13.0. The highest BCUT2D eigenvalue weighted by Crippen LogP contribution is 2.34. The highest BCUT2D eigenvalue weighted by Gasteiger charge is 2.35. The van der Waals surface area contributed by atoms with E-state index in [1.807, 2.05) is 12.1 Å². The van der Waals surface area contributed by atoms with Crippen LogP contribution in [0.25, 0.3) is 0 Å². The molecule has 148 valence electrons. The van der Waals surface area contributed by atoms with E-state index < -0.39 is 0 Å². The number of rotatable bonds is 5. The number of carbonyl (C=O) groups excluding carboxylic acids is 1. The Labute approximate surface area is 168 Å². The fraction of sp³-hybridized carbons (Fsp3) is 0.682. The van der Waals surface area contributed by atoms with Gasteiger partial charge in [0.2, 0.25) is 5.91 Å². The average molecular weight is 390 g/mol. The lowest BCUT2D eigenvalue weighted by Crippen LogP contribution is -2.43. The van der Waals surface area contributed by atoms with Crippen molar-refractivity contribution >= 4 is 28.9 Å². The minimum Gasteiger partial charge on any atom is -0.398 e. The van der Waals surface area contributed by atoms with E-state index in [-0.39, 0.29) is 5.92 Å². The van der Waals surface area contributed by atoms with Crippen LogP contribution in [0.5, 0.6) is 0 Å². The van der Waals surface area contributed by atoms with Crippen molar-refractivity contribution in [1.29, 1.82) is 0 Å². The summed E-state index contributed by atoms with van der Waals surface area (Å²) in [6.45, 7) is 2.81. The van der Waals surface area contributed by atoms with E-state index in [0.29, 0.717) is 22.7 Å². The molecule has 1 saturated heterocycles. The number of halogens is 1. The van der Waals surface area contributed by atoms with E-state index in [0.717, 1.165) is 50.5 Å². The van der Waals surface area contributed by atoms with Crippen LogP contribution in [0.4, 0.5) is 11.4 Å². The number of hydrogen-bond donors (Lipinski definition) is 1. The lowest BCUT2D eigenvalue weighted by molar-refractivity contribution is -0.135. The number of amides is 1. The largest absolute Gasteiger partial charge is 0.398 e. The number of hydrogen-bond acceptors (Lipinski definition) is 3. The lowest BCUT2D eigenvalue weighted by atomic mass is 9.84. The van der Waals surface area contributed by atoms with E-state index in [2.05, 4.69) is 15.9 Å². The number of nitrogens with two attached hydrogens (primary N) is 1. The van der Waals surface area contributed by atoms with Crippen LogP contribution in [-0.2, 0) is 4.79 Å². The monoisotopic (exact) mass is 389 g/mol. The lowest BCUT2D eigenvalue weighted by Gasteiger charge is -2.38. The first-order valence-corrected chi connectivity index (χ1v) is 11.1. The van der Waals surface area contributed by atoms with Gasteiger partial charge in [-0.3, -0.25) is 4.79 Å². The van der Waals surface area contributed by atoms with Gasteiger partial charge in [0.15, 0.2) is 0 Å². The van der Waals surface area contributed by atoms with E-state index >= 15 is 0 Å². The zero-order valence-corrected chi connectivity index (χ0v) is 17.0. The summed E-state index contributed by atoms with van der Waals surface area (Å²) in [4.78, 5) is 17.6. The molecular weight excluding hydrogens is 358 g/mol. The Morgan fingerprint density at radius 3 is 2.56 bits per heavy atom. The fourth-order valence-corrected chi connectivity index (χ4v) is 5.09. The van der Waals surface area contributed by atoms with Crippen molar-refractivity contribution in [3.63, 3.8) is 0 Å². The summed E-state index contributed by atoms with van der Waals surface area (Å²) in [6.07, 6.45) is 10.9. The first kappa shape index (κ1) is 18.9. The molecule has 1 atom stereocenters. The molecule has 1 aliphatic heterocycles. The van der Waals surface area contributed by atoms with Crippen LogP contribution in [0, 0.1) is 11.8 Å². The van der Waals surface area contributed by atoms with Crippen LogP contribution < -0.4 is 10.6 Å². The Hall–Kier alpha value is -1.42. The minimum atomic E-state index is 0.267. The molecule has 0 aromatic heterocycles. The molecule has 4 rings (SSSR count). The van der Waals surface area contributed by atoms with Gasteiger partial charge in [0.1, 0.15) is 0 Å². The number of anilines is 2. The second-order valence-electron chi connectivity index (χ2n) is 8.72. The van der Waals surface area contributed by atoms with Gasteiger partial charge in [0.25, 0.3) is 0 Å². The Morgan fingerprint density at radius 2 is 1.89 bits per heavy atom. The summed E-state index contributed by atoms with van der Waals surface area (Å²) in [5.74, 6) is 1.43. The Kier molecular flexibility index (Phi) is 5.82. The predicted molar refractivity (Wildman–Crippen MR) is 112 cm³/mol. The Balaban J connectivity index is 1.46. The molecule has 0 spiro atoms. The second kappa shape index (κ2) is 8.30. The normalized spacial score (nSPS) is 24.0. The summed E-state index contributed by atoms with van der Waals surface area (Å²) >= 11 is 6.31. The molecule has 1 amide bonds. The van der Waals surface area contributed by atoms with Crippen LogP contribution in [0.3, 0.4) is 0 Å². The number of nitrogen functional groups attached to an aromatic ring is 1. The first-order valence-electron chi connectivity index (χ1n) is 10.7. The third kappa shape index (κ3) is 4.21. The van der Waals surface area contributed by atoms with Crippen molar-refractivity contribution in [3.05, 3.63) is 23.2 Å². The van der Waals surface area contributed by atoms with Crippen molar-refractivity contribution in [3.8, 4) is 0 Å². The summed E-state index contributed by atoms with van der Waals surface area (Å²) in [6, 6.07) is 6.38. The fourth-order valence-electron chi connectivity index (χ4n) is 4.92. The molecule has 0 radical (unpaired) electrons. The molecule has 1 heterocycles. The Morgan fingerprint density at radius 1 is 1.11 bits per heavy atom. The van der Waals surface area contributed by atoms with Crippen LogP contribution in [0.15, 0.2) is 18.2 Å². The molecule has 0 bridgehead atoms. The highest BCUT2D eigenvalue weighted by molar-refractivity contribution is 6.33. The van der Waals surface area contributed by atoms with Crippen molar-refractivity contribution in [2.45, 2.75) is 63.8 Å². The quantitative estimate of drug-likeness (QED) is 0.742. The van der Waals surface area contributed by atoms with Gasteiger partial charge in [-0.25, -0.2) is 0 Å². The molecule has 5 heteroatoms. The maximum absolute atomic E-state index is 13.0. The molecule has 1 unspecified atom stereocenters. The molecule has 4 nitrogen and oxygen atoms in total. The van der Waals surface area contributed by atoms with Gasteiger partial charge in [-0.15, -0.1) is 0 Å². The standard InChI is InChI=1S/C22H32ClN3O/c23-20-13-18(9-10-21(20)24)26(14-16-5-4-6-16)19-11-12-25(15-19)22(27)17-7-2-1-3-8-17/h9-10,13,16-17,19H,1-8,11-12,14-15,24H2. The second-order valence-corrected chi connectivity index (χ2v) is 9.12. The van der Waals surface area contributed by atoms with E-state index in [4.69, 9.17) is 17.3 Å². The number of carbonyl (C=O) groups is 1. The zero-order chi connectivity index (χ0) is 18.8. The highest BCUT2D eigenvalue weighted by atomic mass is 35.5. The summed E-state index contributed by atoms with van der Waals surface area (Å²) in [7, 11) is 0. The molecule has 27 heavy (non-hydrogen) atoms. The van der Waals surface area contributed by atoms with E-state index in [1.165, 1.54) is 38.5 Å². The smallest absolute Gasteiger partial charge is 0.225 e. The van der Waals surface area contributed by atoms with Crippen LogP contribution in [0.1, 0.15) is 57.8 Å². The van der Waals surface area contributed by atoms with Crippen molar-refractivity contribution in [2.75, 3.05) is 30.3 Å². The van der Waals surface area contributed by atoms with Crippen LogP contribution in [0.2, 0.25) is 5.02 Å². The van der Waals surface area contributed by atoms with Gasteiger partial charge < -0.3 is 15.5 Å². The first-order chi connectivity index (χ1) is 13.1. The van der Waals surface area contributed by atoms with E-state index in [1.54, 1.807) is 0 Å². The average Bonchev–Trinajstić information content (AvgIpc) is 3.13. The molecule has 2 saturated carbocycles. The van der Waals surface area contributed by atoms with Gasteiger partial charge in [-0.05, 0) is 56.2 Å². The number of nitrogens with zero attached hydrogens (tertiary/aromatic N) is 2. The van der Waals surface area contributed by atoms with Crippen LogP contribution >= 0.6 is 11.6 Å². The topological polar surface area (TPSA) is 49.6 Å². The number of likely N-dealkylation sites (tertiary alicyclic amines) is 1. The van der Waals surface area contributed by atoms with Gasteiger partial charge >= 0.3 is 0 Å². The molecule has 3 fully saturated rings. The predicted octanol–water partition coefficient (Wildman–Crippen LogP) is 4.71. The summed E-state index contributed by atoms with van der Waals surface area (Å²) < 4.78 is 0. The molecule has 3 aliphatic rings. The van der Waals surface area contributed by atoms with Gasteiger partial charge in [-0.2, -0.15) is 0 Å². The van der Waals surface area contributed by atoms with E-state index in [9.17, 15) is 4.79 Å². The van der Waals surface area contributed by atoms with Gasteiger partial charge in [0.05, 0.1) is 10.7 Å². The Bertz CT molecular complexity index is 670. The summed E-state index contributed by atoms with van der Waals surface area (Å²) in [5, 5.41) is 0.624. The minimum absolute atomic E-state index is 0.267. The number of benzene rings is 1. The van der Waals surface area contributed by atoms with Crippen molar-refractivity contribution < 1.29 is 4.79 Å². The van der Waals surface area contributed by atoms with Gasteiger partial charge in [-0.1, -0.05) is 37.3 Å². The molecular formula is C22H32ClN3O. The maximum Gasteiger partial charge on any atom is 0.225 e. The van der Waals surface area contributed by atoms with Crippen molar-refractivity contribution in [2.24, 2.45) is 11.8 Å². The molecule has 1 aromatic rings. The summed E-state index contributed by atoms with van der Waals surface area (Å²) in [5.41, 5.74) is 7.70. The van der Waals surface area contributed by atoms with Gasteiger partial charge in [0, 0.05) is 37.3 Å².